The van der Waals surface area contributed by atoms with Gasteiger partial charge in [-0.15, -0.1) is 12.4 Å². The zero-order chi connectivity index (χ0) is 9.72. The van der Waals surface area contributed by atoms with Gasteiger partial charge < -0.3 is 25.5 Å². The predicted octanol–water partition coefficient (Wildman–Crippen LogP) is -3.87. The molecule has 0 aromatic carbocycles. The number of halogens is 1. The van der Waals surface area contributed by atoms with Crippen LogP contribution in [0.15, 0.2) is 0 Å². The Morgan fingerprint density at radius 2 is 1.57 bits per heavy atom. The fourth-order valence-corrected chi connectivity index (χ4v) is 0.602. The first-order chi connectivity index (χ1) is 5.54. The average Bonchev–Trinajstić information content (AvgIpc) is 2.12. The molecule has 0 heterocycles. The zero-order valence-corrected chi connectivity index (χ0v) is 7.52. The molecule has 0 fully saturated rings. The Kier molecular flexibility index (Phi) is 15.4. The fraction of sp³-hybridized carbons (Fsp3) is 0.833. The molecule has 3 atom stereocenters. The van der Waals surface area contributed by atoms with Gasteiger partial charge in [-0.2, -0.15) is 0 Å². The molecule has 0 amide bonds. The van der Waals surface area contributed by atoms with E-state index in [0.717, 1.165) is 0 Å². The Morgan fingerprint density at radius 3 is 1.86 bits per heavy atom. The Balaban J connectivity index is -0.000000605. The number of Topliss-reactive ketones (excluding diaryl/α,β-unsaturated/α-hetero) is 1. The van der Waals surface area contributed by atoms with E-state index in [9.17, 15) is 4.79 Å². The Bertz CT molecular complexity index is 157. The van der Waals surface area contributed by atoms with Gasteiger partial charge in [0.1, 0.15) is 24.9 Å². The normalized spacial score (nSPS) is 15.8. The van der Waals surface area contributed by atoms with Crippen molar-refractivity contribution in [1.29, 1.82) is 0 Å². The number of rotatable bonds is 5. The Labute approximate surface area is 117 Å². The van der Waals surface area contributed by atoms with E-state index in [4.69, 9.17) is 25.5 Å². The SMILES string of the molecule is Cl.O=C(CO)[C@@H](O)[C@H](O)[C@H](O)CO.[CaH2]. The van der Waals surface area contributed by atoms with Gasteiger partial charge >= 0.3 is 37.7 Å². The number of ketones is 1. The fourth-order valence-electron chi connectivity index (χ4n) is 0.602. The Hall–Kier alpha value is 1.02. The van der Waals surface area contributed by atoms with Crippen molar-refractivity contribution in [3.8, 4) is 0 Å². The molecule has 0 aromatic rings. The molecule has 8 heteroatoms. The third-order valence-corrected chi connectivity index (χ3v) is 1.39. The van der Waals surface area contributed by atoms with Crippen LogP contribution in [0.25, 0.3) is 0 Å². The number of carbonyl (C=O) groups excluding carboxylic acids is 1. The molecule has 0 spiro atoms. The van der Waals surface area contributed by atoms with Gasteiger partial charge in [0.25, 0.3) is 0 Å². The van der Waals surface area contributed by atoms with Gasteiger partial charge in [0, 0.05) is 0 Å². The van der Waals surface area contributed by atoms with E-state index in [1.165, 1.54) is 0 Å². The van der Waals surface area contributed by atoms with E-state index < -0.39 is 37.3 Å². The van der Waals surface area contributed by atoms with Gasteiger partial charge in [-0.1, -0.05) is 0 Å². The standard InChI is InChI=1S/C6H12O6.Ca.ClH.2H/c7-1-3(9)5(11)6(12)4(10)2-8;;;;/h3,5-9,11-12H,1-2H2;;1H;;/t3-,5-,6-;;;;/m1..../s1. The predicted molar refractivity (Wildman–Crippen MR) is 53.0 cm³/mol. The van der Waals surface area contributed by atoms with Gasteiger partial charge in [0.15, 0.2) is 5.78 Å². The number of hydrogen-bond acceptors (Lipinski definition) is 6. The molecule has 0 saturated carbocycles. The minimum absolute atomic E-state index is 0. The van der Waals surface area contributed by atoms with Crippen molar-refractivity contribution in [3.63, 3.8) is 0 Å². The van der Waals surface area contributed by atoms with Gasteiger partial charge in [-0.3, -0.25) is 4.79 Å². The summed E-state index contributed by atoms with van der Waals surface area (Å²) in [7, 11) is 0. The topological polar surface area (TPSA) is 118 Å². The number of hydrogen-bond donors (Lipinski definition) is 5. The van der Waals surface area contributed by atoms with E-state index in [1.807, 2.05) is 0 Å². The molecule has 14 heavy (non-hydrogen) atoms. The molecule has 0 rings (SSSR count). The second-order valence-corrected chi connectivity index (χ2v) is 2.31. The van der Waals surface area contributed by atoms with Crippen molar-refractivity contribution >= 4 is 55.9 Å². The second-order valence-electron chi connectivity index (χ2n) is 2.31. The summed E-state index contributed by atoms with van der Waals surface area (Å²) in [6.45, 7) is -1.69. The maximum atomic E-state index is 10.5. The molecule has 0 bridgehead atoms. The van der Waals surface area contributed by atoms with Crippen molar-refractivity contribution < 1.29 is 30.3 Å². The van der Waals surface area contributed by atoms with Crippen LogP contribution in [0.4, 0.5) is 0 Å². The van der Waals surface area contributed by atoms with Gasteiger partial charge in [-0.05, 0) is 0 Å². The summed E-state index contributed by atoms with van der Waals surface area (Å²) in [6, 6.07) is 0. The quantitative estimate of drug-likeness (QED) is 0.322. The zero-order valence-electron chi connectivity index (χ0n) is 6.70. The molecule has 0 aliphatic carbocycles. The van der Waals surface area contributed by atoms with Crippen molar-refractivity contribution in [2.45, 2.75) is 18.3 Å². The number of aliphatic hydroxyl groups is 5. The average molecular weight is 259 g/mol. The van der Waals surface area contributed by atoms with Crippen LogP contribution in [0.3, 0.4) is 0 Å². The Morgan fingerprint density at radius 1 is 1.14 bits per heavy atom. The molecule has 0 aromatic heterocycles. The third-order valence-electron chi connectivity index (χ3n) is 1.39. The molecule has 0 radical (unpaired) electrons. The van der Waals surface area contributed by atoms with Gasteiger partial charge in [0.2, 0.25) is 0 Å². The molecule has 84 valence electrons. The first-order valence-corrected chi connectivity index (χ1v) is 3.33. The summed E-state index contributed by atoms with van der Waals surface area (Å²) in [5, 5.41) is 43.1. The second kappa shape index (κ2) is 10.5. The van der Waals surface area contributed by atoms with E-state index in [2.05, 4.69) is 0 Å². The number of carbonyl (C=O) groups is 1. The third kappa shape index (κ3) is 6.49. The minimum atomic E-state index is -1.86. The molecule has 0 aliphatic heterocycles. The summed E-state index contributed by atoms with van der Waals surface area (Å²) in [5.41, 5.74) is 0. The summed E-state index contributed by atoms with van der Waals surface area (Å²) in [5.74, 6) is -1.00. The summed E-state index contributed by atoms with van der Waals surface area (Å²) >= 11 is 0. The van der Waals surface area contributed by atoms with Crippen LogP contribution in [0.1, 0.15) is 0 Å². The van der Waals surface area contributed by atoms with Crippen LogP contribution in [-0.2, 0) is 4.79 Å². The summed E-state index contributed by atoms with van der Waals surface area (Å²) in [4.78, 5) is 10.5. The summed E-state index contributed by atoms with van der Waals surface area (Å²) in [6.07, 6.45) is -5.22. The van der Waals surface area contributed by atoms with E-state index in [0.29, 0.717) is 0 Å². The van der Waals surface area contributed by atoms with Crippen LogP contribution in [-0.4, -0.2) is 101 Å². The van der Waals surface area contributed by atoms with Gasteiger partial charge in [0.05, 0.1) is 6.61 Å². The molecule has 6 nitrogen and oxygen atoms in total. The molecular formula is C6H15CaClO6. The molecule has 0 saturated heterocycles. The first kappa shape index (κ1) is 20.4. The van der Waals surface area contributed by atoms with Gasteiger partial charge in [-0.25, -0.2) is 0 Å². The van der Waals surface area contributed by atoms with Crippen LogP contribution in [0, 0.1) is 0 Å². The molecular weight excluding hydrogens is 244 g/mol. The van der Waals surface area contributed by atoms with E-state index >= 15 is 0 Å². The molecule has 5 N–H and O–H groups in total. The van der Waals surface area contributed by atoms with E-state index in [1.54, 1.807) is 0 Å². The first-order valence-electron chi connectivity index (χ1n) is 3.33. The van der Waals surface area contributed by atoms with Crippen LogP contribution >= 0.6 is 12.4 Å². The van der Waals surface area contributed by atoms with Crippen molar-refractivity contribution in [2.24, 2.45) is 0 Å². The van der Waals surface area contributed by atoms with Crippen molar-refractivity contribution in [1.82, 2.24) is 0 Å². The van der Waals surface area contributed by atoms with Crippen LogP contribution in [0.5, 0.6) is 0 Å². The van der Waals surface area contributed by atoms with Crippen molar-refractivity contribution in [2.75, 3.05) is 13.2 Å². The number of aliphatic hydroxyl groups excluding tert-OH is 5. The van der Waals surface area contributed by atoms with E-state index in [-0.39, 0.29) is 50.1 Å². The van der Waals surface area contributed by atoms with Crippen LogP contribution in [0.2, 0.25) is 0 Å². The molecule has 0 aliphatic rings. The van der Waals surface area contributed by atoms with Crippen LogP contribution < -0.4 is 0 Å². The van der Waals surface area contributed by atoms with Crippen molar-refractivity contribution in [3.05, 3.63) is 0 Å². The monoisotopic (exact) mass is 258 g/mol. The maximum absolute atomic E-state index is 10.5. The molecule has 0 unspecified atom stereocenters. The summed E-state index contributed by atoms with van der Waals surface area (Å²) < 4.78 is 0.